The predicted octanol–water partition coefficient (Wildman–Crippen LogP) is 5.11. The van der Waals surface area contributed by atoms with E-state index in [-0.39, 0.29) is 11.9 Å². The van der Waals surface area contributed by atoms with Gasteiger partial charge in [0.2, 0.25) is 0 Å². The maximum atomic E-state index is 12.9. The Morgan fingerprint density at radius 2 is 1.91 bits per heavy atom. The van der Waals surface area contributed by atoms with Crippen molar-refractivity contribution in [2.75, 3.05) is 5.32 Å². The van der Waals surface area contributed by atoms with Crippen molar-refractivity contribution in [2.24, 2.45) is 0 Å². The number of pyridine rings is 2. The number of aromatic nitrogens is 5. The van der Waals surface area contributed by atoms with Gasteiger partial charge in [-0.3, -0.25) is 14.8 Å². The second-order valence-corrected chi connectivity index (χ2v) is 8.37. The third-order valence-electron chi connectivity index (χ3n) is 5.62. The number of hydrogen-bond acceptors (Lipinski definition) is 5. The number of anilines is 1. The first-order chi connectivity index (χ1) is 15.6. The van der Waals surface area contributed by atoms with E-state index in [1.165, 1.54) is 12.8 Å². The van der Waals surface area contributed by atoms with Crippen molar-refractivity contribution in [1.82, 2.24) is 24.7 Å². The molecule has 3 heterocycles. The van der Waals surface area contributed by atoms with Gasteiger partial charge in [0.15, 0.2) is 5.82 Å². The van der Waals surface area contributed by atoms with Gasteiger partial charge >= 0.3 is 0 Å². The average Bonchev–Trinajstić information content (AvgIpc) is 3.55. The van der Waals surface area contributed by atoms with Crippen LogP contribution < -0.4 is 5.32 Å². The summed E-state index contributed by atoms with van der Waals surface area (Å²) >= 11 is 0. The van der Waals surface area contributed by atoms with Crippen LogP contribution in [0.4, 0.5) is 5.69 Å². The second-order valence-electron chi connectivity index (χ2n) is 8.37. The molecule has 0 atom stereocenters. The number of carbonyl (C=O) groups is 1. The summed E-state index contributed by atoms with van der Waals surface area (Å²) in [7, 11) is 0. The van der Waals surface area contributed by atoms with Crippen molar-refractivity contribution < 1.29 is 4.79 Å². The van der Waals surface area contributed by atoms with Crippen LogP contribution in [0.2, 0.25) is 0 Å². The first-order valence-electron chi connectivity index (χ1n) is 10.8. The topological polar surface area (TPSA) is 85.6 Å². The molecule has 1 N–H and O–H groups in total. The van der Waals surface area contributed by atoms with Crippen molar-refractivity contribution >= 4 is 11.6 Å². The van der Waals surface area contributed by atoms with E-state index in [0.717, 1.165) is 28.2 Å². The molecule has 0 bridgehead atoms. The molecule has 0 unspecified atom stereocenters. The van der Waals surface area contributed by atoms with Crippen molar-refractivity contribution in [1.29, 1.82) is 0 Å². The summed E-state index contributed by atoms with van der Waals surface area (Å²) in [6, 6.07) is 15.6. The highest BCUT2D eigenvalue weighted by atomic mass is 16.1. The lowest BCUT2D eigenvalue weighted by Gasteiger charge is -2.11. The molecular weight excluding hydrogens is 400 g/mol. The van der Waals surface area contributed by atoms with Crippen LogP contribution in [0, 0.1) is 0 Å². The molecule has 0 radical (unpaired) electrons. The zero-order chi connectivity index (χ0) is 22.1. The number of amides is 1. The Morgan fingerprint density at radius 3 is 2.66 bits per heavy atom. The molecule has 4 aromatic rings. The summed E-state index contributed by atoms with van der Waals surface area (Å²) in [6.45, 7) is 4.15. The highest BCUT2D eigenvalue weighted by Gasteiger charge is 2.24. The fourth-order valence-electron chi connectivity index (χ4n) is 3.69. The van der Waals surface area contributed by atoms with E-state index >= 15 is 0 Å². The van der Waals surface area contributed by atoms with Crippen molar-refractivity contribution in [3.63, 3.8) is 0 Å². The molecule has 32 heavy (non-hydrogen) atoms. The molecular formula is C25H24N6O. The number of nitrogens with one attached hydrogen (secondary N) is 1. The van der Waals surface area contributed by atoms with E-state index in [1.54, 1.807) is 18.6 Å². The van der Waals surface area contributed by atoms with Gasteiger partial charge in [0.25, 0.3) is 5.91 Å². The summed E-state index contributed by atoms with van der Waals surface area (Å²) in [5.74, 6) is 1.11. The van der Waals surface area contributed by atoms with E-state index in [1.807, 2.05) is 41.1 Å². The third-order valence-corrected chi connectivity index (χ3v) is 5.62. The van der Waals surface area contributed by atoms with Gasteiger partial charge in [-0.05, 0) is 62.6 Å². The van der Waals surface area contributed by atoms with Gasteiger partial charge in [0.1, 0.15) is 12.0 Å². The highest BCUT2D eigenvalue weighted by molar-refractivity contribution is 6.03. The molecule has 1 aliphatic rings. The van der Waals surface area contributed by atoms with Gasteiger partial charge in [0.05, 0.1) is 0 Å². The first kappa shape index (κ1) is 20.1. The van der Waals surface area contributed by atoms with Gasteiger partial charge in [-0.25, -0.2) is 0 Å². The zero-order valence-corrected chi connectivity index (χ0v) is 18.1. The lowest BCUT2D eigenvalue weighted by atomic mass is 10.1. The lowest BCUT2D eigenvalue weighted by molar-refractivity contribution is 0.102. The quantitative estimate of drug-likeness (QED) is 0.465. The van der Waals surface area contributed by atoms with Gasteiger partial charge < -0.3 is 9.88 Å². The molecule has 5 rings (SSSR count). The molecule has 1 aliphatic carbocycles. The van der Waals surface area contributed by atoms with E-state index < -0.39 is 0 Å². The Hall–Kier alpha value is -3.87. The van der Waals surface area contributed by atoms with E-state index in [2.05, 4.69) is 51.5 Å². The first-order valence-corrected chi connectivity index (χ1v) is 10.8. The minimum Gasteiger partial charge on any atom is -0.321 e. The van der Waals surface area contributed by atoms with Crippen molar-refractivity contribution in [3.8, 4) is 22.5 Å². The van der Waals surface area contributed by atoms with Crippen molar-refractivity contribution in [2.45, 2.75) is 38.6 Å². The van der Waals surface area contributed by atoms with Crippen LogP contribution in [-0.2, 0) is 0 Å². The van der Waals surface area contributed by atoms with Gasteiger partial charge in [-0.1, -0.05) is 18.2 Å². The fraction of sp³-hybridized carbons (Fsp3) is 0.240. The maximum absolute atomic E-state index is 12.9. The predicted molar refractivity (Wildman–Crippen MR) is 123 cm³/mol. The summed E-state index contributed by atoms with van der Waals surface area (Å²) < 4.78 is 1.99. The second kappa shape index (κ2) is 8.34. The van der Waals surface area contributed by atoms with E-state index in [0.29, 0.717) is 17.3 Å². The van der Waals surface area contributed by atoms with Crippen LogP contribution >= 0.6 is 0 Å². The number of carbonyl (C=O) groups excluding carboxylic acids is 1. The molecule has 1 fully saturated rings. The molecule has 1 saturated carbocycles. The smallest absolute Gasteiger partial charge is 0.274 e. The summed E-state index contributed by atoms with van der Waals surface area (Å²) in [5.41, 5.74) is 4.95. The number of hydrogen-bond donors (Lipinski definition) is 1. The normalized spacial score (nSPS) is 13.3. The van der Waals surface area contributed by atoms with Crippen LogP contribution in [0.3, 0.4) is 0 Å². The van der Waals surface area contributed by atoms with Gasteiger partial charge in [0, 0.05) is 46.9 Å². The minimum absolute atomic E-state index is 0.234. The summed E-state index contributed by atoms with van der Waals surface area (Å²) in [5, 5.41) is 11.2. The molecule has 7 heteroatoms. The van der Waals surface area contributed by atoms with Crippen LogP contribution in [0.5, 0.6) is 0 Å². The molecule has 7 nitrogen and oxygen atoms in total. The number of benzene rings is 1. The van der Waals surface area contributed by atoms with Crippen LogP contribution in [-0.4, -0.2) is 30.6 Å². The maximum Gasteiger partial charge on any atom is 0.274 e. The lowest BCUT2D eigenvalue weighted by Crippen LogP contribution is -2.13. The Kier molecular flexibility index (Phi) is 5.23. The number of nitrogens with zero attached hydrogens (tertiary/aromatic N) is 5. The molecule has 0 aliphatic heterocycles. The summed E-state index contributed by atoms with van der Waals surface area (Å²) in [4.78, 5) is 21.7. The Balaban J connectivity index is 1.35. The molecule has 3 aromatic heterocycles. The SMILES string of the molecule is CC(C)n1cnnc1-c1cccc(NC(=O)c2cc(-c3ccc(C4CC4)nc3)ccn2)c1. The molecule has 1 aromatic carbocycles. The zero-order valence-electron chi connectivity index (χ0n) is 18.1. The Morgan fingerprint density at radius 1 is 1.03 bits per heavy atom. The fourth-order valence-corrected chi connectivity index (χ4v) is 3.69. The van der Waals surface area contributed by atoms with Crippen LogP contribution in [0.15, 0.2) is 67.3 Å². The molecule has 0 spiro atoms. The molecule has 0 saturated heterocycles. The largest absolute Gasteiger partial charge is 0.321 e. The monoisotopic (exact) mass is 424 g/mol. The molecule has 160 valence electrons. The van der Waals surface area contributed by atoms with E-state index in [9.17, 15) is 4.79 Å². The van der Waals surface area contributed by atoms with Crippen LogP contribution in [0.25, 0.3) is 22.5 Å². The summed E-state index contributed by atoms with van der Waals surface area (Å²) in [6.07, 6.45) is 7.69. The van der Waals surface area contributed by atoms with Gasteiger partial charge in [-0.2, -0.15) is 0 Å². The molecule has 1 amide bonds. The Bertz CT molecular complexity index is 1260. The van der Waals surface area contributed by atoms with E-state index in [4.69, 9.17) is 0 Å². The average molecular weight is 425 g/mol. The van der Waals surface area contributed by atoms with Crippen LogP contribution in [0.1, 0.15) is 54.8 Å². The Labute approximate surface area is 186 Å². The van der Waals surface area contributed by atoms with Gasteiger partial charge in [-0.15, -0.1) is 10.2 Å². The highest BCUT2D eigenvalue weighted by Crippen LogP contribution is 2.39. The standard InChI is InChI=1S/C25H24N6O/c1-16(2)31-15-28-30-24(31)19-4-3-5-21(12-19)29-25(32)23-13-18(10-11-26-23)20-8-9-22(27-14-20)17-6-7-17/h3-5,8-17H,6-7H2,1-2H3,(H,29,32). The minimum atomic E-state index is -0.267. The third kappa shape index (κ3) is 4.14. The van der Waals surface area contributed by atoms with Crippen molar-refractivity contribution in [3.05, 3.63) is 78.6 Å². The number of rotatable bonds is 6.